The van der Waals surface area contributed by atoms with Gasteiger partial charge in [0.05, 0.1) is 6.04 Å². The first-order chi connectivity index (χ1) is 11.9. The molecule has 0 saturated carbocycles. The van der Waals surface area contributed by atoms with Crippen molar-refractivity contribution in [3.05, 3.63) is 78.3 Å². The Morgan fingerprint density at radius 2 is 2.12 bits per heavy atom. The number of hydrogen-bond acceptors (Lipinski definition) is 5. The summed E-state index contributed by atoms with van der Waals surface area (Å²) in [6.45, 7) is 0.750. The Morgan fingerprint density at radius 1 is 1.17 bits per heavy atom. The standard InChI is InChI=1S/C18H17N5O/c1-2-6-16-13(4-1)10-15(24-16)7-9-20-17(18-21-12-22-23-18)14-5-3-8-19-11-14/h1-6,8,10-12,17,20H,7,9H2,(H,21,22,23)/t17-/m1/s1. The fourth-order valence-corrected chi connectivity index (χ4v) is 2.77. The van der Waals surface area contributed by atoms with Crippen LogP contribution in [0.1, 0.15) is 23.2 Å². The Morgan fingerprint density at radius 3 is 2.92 bits per heavy atom. The molecule has 0 spiro atoms. The fourth-order valence-electron chi connectivity index (χ4n) is 2.77. The summed E-state index contributed by atoms with van der Waals surface area (Å²) in [5.41, 5.74) is 1.96. The average molecular weight is 319 g/mol. The molecule has 0 fully saturated rings. The van der Waals surface area contributed by atoms with Crippen LogP contribution in [0, 0.1) is 0 Å². The van der Waals surface area contributed by atoms with Crippen LogP contribution in [0.25, 0.3) is 11.0 Å². The third-order valence-electron chi connectivity index (χ3n) is 3.92. The molecule has 6 heteroatoms. The van der Waals surface area contributed by atoms with Gasteiger partial charge >= 0.3 is 0 Å². The van der Waals surface area contributed by atoms with Crippen molar-refractivity contribution in [1.29, 1.82) is 0 Å². The number of rotatable bonds is 6. The summed E-state index contributed by atoms with van der Waals surface area (Å²) in [7, 11) is 0. The van der Waals surface area contributed by atoms with Crippen molar-refractivity contribution in [1.82, 2.24) is 25.5 Å². The first-order valence-electron chi connectivity index (χ1n) is 7.86. The van der Waals surface area contributed by atoms with E-state index in [1.54, 1.807) is 6.20 Å². The molecule has 2 N–H and O–H groups in total. The highest BCUT2D eigenvalue weighted by Gasteiger charge is 2.16. The molecule has 0 bridgehead atoms. The molecule has 0 aliphatic carbocycles. The minimum Gasteiger partial charge on any atom is -0.461 e. The lowest BCUT2D eigenvalue weighted by Crippen LogP contribution is -2.25. The normalized spacial score (nSPS) is 12.5. The Balaban J connectivity index is 1.47. The average Bonchev–Trinajstić information content (AvgIpc) is 3.28. The Hall–Kier alpha value is -2.99. The van der Waals surface area contributed by atoms with Crippen LogP contribution in [-0.4, -0.2) is 26.7 Å². The summed E-state index contributed by atoms with van der Waals surface area (Å²) in [6.07, 6.45) is 5.90. The Labute approximate surface area is 139 Å². The van der Waals surface area contributed by atoms with Gasteiger partial charge in [0.1, 0.15) is 23.5 Å². The molecular weight excluding hydrogens is 302 g/mol. The molecule has 24 heavy (non-hydrogen) atoms. The van der Waals surface area contributed by atoms with E-state index in [0.717, 1.165) is 41.1 Å². The van der Waals surface area contributed by atoms with E-state index >= 15 is 0 Å². The van der Waals surface area contributed by atoms with Crippen molar-refractivity contribution in [2.24, 2.45) is 0 Å². The number of aromatic nitrogens is 4. The number of hydrogen-bond donors (Lipinski definition) is 2. The lowest BCUT2D eigenvalue weighted by atomic mass is 10.1. The quantitative estimate of drug-likeness (QED) is 0.571. The zero-order valence-electron chi connectivity index (χ0n) is 13.0. The molecular formula is C18H17N5O. The summed E-state index contributed by atoms with van der Waals surface area (Å²) in [5.74, 6) is 1.74. The van der Waals surface area contributed by atoms with Crippen LogP contribution in [0.4, 0.5) is 0 Å². The maximum Gasteiger partial charge on any atom is 0.146 e. The minimum absolute atomic E-state index is 0.0782. The van der Waals surface area contributed by atoms with Crippen molar-refractivity contribution >= 4 is 11.0 Å². The molecule has 0 saturated heterocycles. The smallest absolute Gasteiger partial charge is 0.146 e. The van der Waals surface area contributed by atoms with Gasteiger partial charge in [-0.1, -0.05) is 24.3 Å². The summed E-state index contributed by atoms with van der Waals surface area (Å²) >= 11 is 0. The molecule has 4 rings (SSSR count). The van der Waals surface area contributed by atoms with Crippen molar-refractivity contribution in [3.8, 4) is 0 Å². The predicted octanol–water partition coefficient (Wildman–Crippen LogP) is 2.87. The Bertz CT molecular complexity index is 868. The van der Waals surface area contributed by atoms with Crippen molar-refractivity contribution in [2.75, 3.05) is 6.54 Å². The van der Waals surface area contributed by atoms with Gasteiger partial charge in [-0.2, -0.15) is 5.10 Å². The predicted molar refractivity (Wildman–Crippen MR) is 90.4 cm³/mol. The number of H-pyrrole nitrogens is 1. The Kier molecular flexibility index (Phi) is 4.04. The molecule has 4 aromatic rings. The number of para-hydroxylation sites is 1. The molecule has 3 aromatic heterocycles. The van der Waals surface area contributed by atoms with Crippen LogP contribution >= 0.6 is 0 Å². The maximum atomic E-state index is 5.86. The van der Waals surface area contributed by atoms with Gasteiger partial charge in [-0.3, -0.25) is 10.1 Å². The monoisotopic (exact) mass is 319 g/mol. The first kappa shape index (κ1) is 14.6. The zero-order valence-corrected chi connectivity index (χ0v) is 13.0. The lowest BCUT2D eigenvalue weighted by Gasteiger charge is -2.15. The van der Waals surface area contributed by atoms with Crippen LogP contribution in [0.3, 0.4) is 0 Å². The van der Waals surface area contributed by atoms with E-state index in [-0.39, 0.29) is 6.04 Å². The second kappa shape index (κ2) is 6.64. The largest absolute Gasteiger partial charge is 0.461 e. The zero-order chi connectivity index (χ0) is 16.2. The number of pyridine rings is 1. The lowest BCUT2D eigenvalue weighted by molar-refractivity contribution is 0.512. The first-order valence-corrected chi connectivity index (χ1v) is 7.86. The van der Waals surface area contributed by atoms with Gasteiger partial charge in [0.25, 0.3) is 0 Å². The number of fused-ring (bicyclic) bond motifs is 1. The van der Waals surface area contributed by atoms with Crippen molar-refractivity contribution in [3.63, 3.8) is 0 Å². The van der Waals surface area contributed by atoms with Gasteiger partial charge in [-0.05, 0) is 23.8 Å². The van der Waals surface area contributed by atoms with E-state index in [4.69, 9.17) is 4.42 Å². The fraction of sp³-hybridized carbons (Fsp3) is 0.167. The number of aromatic amines is 1. The highest BCUT2D eigenvalue weighted by molar-refractivity contribution is 5.77. The molecule has 0 amide bonds. The summed E-state index contributed by atoms with van der Waals surface area (Å²) < 4.78 is 5.86. The molecule has 120 valence electrons. The van der Waals surface area contributed by atoms with Crippen LogP contribution in [0.5, 0.6) is 0 Å². The summed E-state index contributed by atoms with van der Waals surface area (Å²) in [6, 6.07) is 14.0. The molecule has 0 aliphatic rings. The third kappa shape index (κ3) is 3.04. The van der Waals surface area contributed by atoms with Crippen LogP contribution in [-0.2, 0) is 6.42 Å². The molecule has 0 aliphatic heterocycles. The van der Waals surface area contributed by atoms with Crippen molar-refractivity contribution < 1.29 is 4.42 Å². The van der Waals surface area contributed by atoms with Crippen LogP contribution in [0.15, 0.2) is 65.6 Å². The van der Waals surface area contributed by atoms with Crippen LogP contribution < -0.4 is 5.32 Å². The summed E-state index contributed by atoms with van der Waals surface area (Å²) in [4.78, 5) is 8.46. The van der Waals surface area contributed by atoms with Crippen molar-refractivity contribution in [2.45, 2.75) is 12.5 Å². The van der Waals surface area contributed by atoms with Gasteiger partial charge < -0.3 is 9.73 Å². The molecule has 0 radical (unpaired) electrons. The highest BCUT2D eigenvalue weighted by atomic mass is 16.3. The van der Waals surface area contributed by atoms with Gasteiger partial charge in [0, 0.05) is 30.7 Å². The second-order valence-electron chi connectivity index (χ2n) is 5.54. The van der Waals surface area contributed by atoms with E-state index in [1.165, 1.54) is 6.33 Å². The molecule has 1 aromatic carbocycles. The van der Waals surface area contributed by atoms with E-state index < -0.39 is 0 Å². The highest BCUT2D eigenvalue weighted by Crippen LogP contribution is 2.20. The number of benzene rings is 1. The van der Waals surface area contributed by atoms with Gasteiger partial charge in [-0.15, -0.1) is 0 Å². The maximum absolute atomic E-state index is 5.86. The minimum atomic E-state index is -0.0782. The molecule has 1 atom stereocenters. The molecule has 6 nitrogen and oxygen atoms in total. The van der Waals surface area contributed by atoms with E-state index in [9.17, 15) is 0 Å². The third-order valence-corrected chi connectivity index (χ3v) is 3.92. The number of furan rings is 1. The van der Waals surface area contributed by atoms with E-state index in [2.05, 4.69) is 37.6 Å². The van der Waals surface area contributed by atoms with Gasteiger partial charge in [0.15, 0.2) is 0 Å². The SMILES string of the molecule is c1cncc([C@@H](NCCc2cc3ccccc3o2)c2ncn[nH]2)c1. The molecule has 0 unspecified atom stereocenters. The second-order valence-corrected chi connectivity index (χ2v) is 5.54. The topological polar surface area (TPSA) is 79.6 Å². The number of nitrogens with zero attached hydrogens (tertiary/aromatic N) is 3. The van der Waals surface area contributed by atoms with Gasteiger partial charge in [0.2, 0.25) is 0 Å². The van der Waals surface area contributed by atoms with E-state index in [0.29, 0.717) is 0 Å². The summed E-state index contributed by atoms with van der Waals surface area (Å²) in [5, 5.41) is 11.5. The molecule has 3 heterocycles. The van der Waals surface area contributed by atoms with Gasteiger partial charge in [-0.25, -0.2) is 4.98 Å². The van der Waals surface area contributed by atoms with Crippen LogP contribution in [0.2, 0.25) is 0 Å². The van der Waals surface area contributed by atoms with E-state index in [1.807, 2.05) is 36.5 Å². The number of nitrogens with one attached hydrogen (secondary N) is 2.